The lowest BCUT2D eigenvalue weighted by atomic mass is 10.1. The summed E-state index contributed by atoms with van der Waals surface area (Å²) in [5, 5.41) is 20.5. The van der Waals surface area contributed by atoms with Gasteiger partial charge in [-0.1, -0.05) is 58.8 Å². The van der Waals surface area contributed by atoms with Gasteiger partial charge in [0.15, 0.2) is 5.01 Å². The molecular formula is C20H16ClN5O2S. The lowest BCUT2D eigenvalue weighted by molar-refractivity contribution is -0.116. The van der Waals surface area contributed by atoms with Gasteiger partial charge in [-0.05, 0) is 25.1 Å². The number of hydrogen-bond donors (Lipinski definition) is 1. The minimum atomic E-state index is -0.207. The van der Waals surface area contributed by atoms with E-state index in [0.29, 0.717) is 33.4 Å². The summed E-state index contributed by atoms with van der Waals surface area (Å²) in [6.45, 7) is 2.01. The molecule has 2 heterocycles. The van der Waals surface area contributed by atoms with Crippen LogP contribution in [0.15, 0.2) is 52.9 Å². The molecule has 1 N–H and O–H groups in total. The summed E-state index contributed by atoms with van der Waals surface area (Å²) in [5.74, 6) is 0.639. The molecule has 7 nitrogen and oxygen atoms in total. The van der Waals surface area contributed by atoms with Crippen LogP contribution in [0.4, 0.5) is 5.13 Å². The highest BCUT2D eigenvalue weighted by atomic mass is 35.5. The largest absolute Gasteiger partial charge is 0.421 e. The van der Waals surface area contributed by atoms with E-state index in [0.717, 1.165) is 16.7 Å². The Labute approximate surface area is 175 Å². The summed E-state index contributed by atoms with van der Waals surface area (Å²) >= 11 is 7.44. The molecule has 2 aromatic carbocycles. The Morgan fingerprint density at radius 3 is 2.66 bits per heavy atom. The zero-order chi connectivity index (χ0) is 20.2. The number of anilines is 1. The van der Waals surface area contributed by atoms with Crippen LogP contribution in [0.3, 0.4) is 0 Å². The Balaban J connectivity index is 1.34. The van der Waals surface area contributed by atoms with E-state index in [1.165, 1.54) is 11.3 Å². The minimum Gasteiger partial charge on any atom is -0.421 e. The van der Waals surface area contributed by atoms with Crippen molar-refractivity contribution in [2.24, 2.45) is 0 Å². The number of rotatable bonds is 6. The summed E-state index contributed by atoms with van der Waals surface area (Å²) in [6, 6.07) is 15.2. The van der Waals surface area contributed by atoms with E-state index >= 15 is 0 Å². The van der Waals surface area contributed by atoms with Crippen LogP contribution in [0.2, 0.25) is 5.02 Å². The molecule has 29 heavy (non-hydrogen) atoms. The highest BCUT2D eigenvalue weighted by Crippen LogP contribution is 2.31. The second-order valence-corrected chi connectivity index (χ2v) is 7.69. The third-order valence-corrected chi connectivity index (χ3v) is 5.31. The van der Waals surface area contributed by atoms with Crippen molar-refractivity contribution in [3.8, 4) is 22.0 Å². The van der Waals surface area contributed by atoms with Gasteiger partial charge in [0.2, 0.25) is 22.8 Å². The molecule has 0 aliphatic heterocycles. The lowest BCUT2D eigenvalue weighted by Gasteiger charge is -1.99. The lowest BCUT2D eigenvalue weighted by Crippen LogP contribution is -2.12. The molecule has 0 saturated heterocycles. The Morgan fingerprint density at radius 1 is 1.07 bits per heavy atom. The zero-order valence-electron chi connectivity index (χ0n) is 15.4. The van der Waals surface area contributed by atoms with E-state index in [1.807, 2.05) is 49.4 Å². The number of benzene rings is 2. The van der Waals surface area contributed by atoms with Crippen LogP contribution in [0.5, 0.6) is 0 Å². The number of carbonyl (C=O) groups is 1. The van der Waals surface area contributed by atoms with Crippen molar-refractivity contribution >= 4 is 34.0 Å². The van der Waals surface area contributed by atoms with E-state index in [-0.39, 0.29) is 12.3 Å². The Bertz CT molecular complexity index is 1140. The number of hydrogen-bond acceptors (Lipinski definition) is 7. The standard InChI is InChI=1S/C20H16ClN5O2S/c1-12-6-8-13(9-7-12)18-24-23-17(28-18)11-10-16(27)22-20-26-25-19(29-20)14-4-2-3-5-15(14)21/h2-9H,10-11H2,1H3,(H,22,26,27). The zero-order valence-corrected chi connectivity index (χ0v) is 17.0. The third-order valence-electron chi connectivity index (χ3n) is 4.11. The highest BCUT2D eigenvalue weighted by molar-refractivity contribution is 7.18. The van der Waals surface area contributed by atoms with Gasteiger partial charge in [0.1, 0.15) is 0 Å². The van der Waals surface area contributed by atoms with Gasteiger partial charge < -0.3 is 9.73 Å². The number of aryl methyl sites for hydroxylation is 2. The van der Waals surface area contributed by atoms with E-state index < -0.39 is 0 Å². The number of carbonyl (C=O) groups excluding carboxylic acids is 1. The summed E-state index contributed by atoms with van der Waals surface area (Å²) in [6.07, 6.45) is 0.525. The highest BCUT2D eigenvalue weighted by Gasteiger charge is 2.14. The summed E-state index contributed by atoms with van der Waals surface area (Å²) in [4.78, 5) is 12.2. The molecule has 0 spiro atoms. The Hall–Kier alpha value is -3.10. The van der Waals surface area contributed by atoms with Gasteiger partial charge >= 0.3 is 0 Å². The van der Waals surface area contributed by atoms with Crippen molar-refractivity contribution < 1.29 is 9.21 Å². The normalized spacial score (nSPS) is 10.8. The third kappa shape index (κ3) is 4.67. The fourth-order valence-electron chi connectivity index (χ4n) is 2.59. The van der Waals surface area contributed by atoms with Crippen LogP contribution in [0, 0.1) is 6.92 Å². The van der Waals surface area contributed by atoms with Crippen LogP contribution in [-0.4, -0.2) is 26.3 Å². The second kappa shape index (κ2) is 8.50. The minimum absolute atomic E-state index is 0.191. The van der Waals surface area contributed by atoms with Crippen LogP contribution >= 0.6 is 22.9 Å². The topological polar surface area (TPSA) is 93.8 Å². The Kier molecular flexibility index (Phi) is 5.64. The van der Waals surface area contributed by atoms with E-state index in [2.05, 4.69) is 25.7 Å². The number of halogens is 1. The molecule has 0 unspecified atom stereocenters. The van der Waals surface area contributed by atoms with Gasteiger partial charge in [-0.2, -0.15) is 0 Å². The maximum Gasteiger partial charge on any atom is 0.247 e. The number of nitrogens with zero attached hydrogens (tertiary/aromatic N) is 4. The number of aromatic nitrogens is 4. The van der Waals surface area contributed by atoms with E-state index in [4.69, 9.17) is 16.0 Å². The van der Waals surface area contributed by atoms with E-state index in [9.17, 15) is 4.79 Å². The molecule has 0 bridgehead atoms. The first-order chi connectivity index (χ1) is 14.1. The fourth-order valence-corrected chi connectivity index (χ4v) is 3.67. The predicted octanol–water partition coefficient (Wildman–Crippen LogP) is 4.79. The summed E-state index contributed by atoms with van der Waals surface area (Å²) < 4.78 is 5.64. The van der Waals surface area contributed by atoms with Crippen molar-refractivity contribution in [1.29, 1.82) is 0 Å². The molecule has 146 valence electrons. The van der Waals surface area contributed by atoms with Crippen molar-refractivity contribution in [2.75, 3.05) is 5.32 Å². The van der Waals surface area contributed by atoms with Crippen molar-refractivity contribution in [3.63, 3.8) is 0 Å². The molecule has 2 aromatic heterocycles. The van der Waals surface area contributed by atoms with Crippen molar-refractivity contribution in [1.82, 2.24) is 20.4 Å². The average Bonchev–Trinajstić information content (AvgIpc) is 3.37. The van der Waals surface area contributed by atoms with Gasteiger partial charge in [-0.3, -0.25) is 4.79 Å². The number of amides is 1. The van der Waals surface area contributed by atoms with Crippen LogP contribution < -0.4 is 5.32 Å². The molecule has 0 saturated carbocycles. The molecule has 0 aliphatic rings. The SMILES string of the molecule is Cc1ccc(-c2nnc(CCC(=O)Nc3nnc(-c4ccccc4Cl)s3)o2)cc1. The molecule has 0 radical (unpaired) electrons. The van der Waals surface area contributed by atoms with Gasteiger partial charge in [-0.15, -0.1) is 20.4 Å². The van der Waals surface area contributed by atoms with Crippen molar-refractivity contribution in [2.45, 2.75) is 19.8 Å². The molecular weight excluding hydrogens is 410 g/mol. The summed E-state index contributed by atoms with van der Waals surface area (Å²) in [7, 11) is 0. The van der Waals surface area contributed by atoms with Gasteiger partial charge in [0.25, 0.3) is 0 Å². The molecule has 0 fully saturated rings. The molecule has 0 atom stereocenters. The smallest absolute Gasteiger partial charge is 0.247 e. The first-order valence-electron chi connectivity index (χ1n) is 8.86. The first-order valence-corrected chi connectivity index (χ1v) is 10.1. The molecule has 9 heteroatoms. The molecule has 4 rings (SSSR count). The quantitative estimate of drug-likeness (QED) is 0.477. The van der Waals surface area contributed by atoms with Crippen molar-refractivity contribution in [3.05, 3.63) is 65.0 Å². The first kappa shape index (κ1) is 19.2. The van der Waals surface area contributed by atoms with Gasteiger partial charge in [-0.25, -0.2) is 0 Å². The molecule has 0 aliphatic carbocycles. The Morgan fingerprint density at radius 2 is 1.86 bits per heavy atom. The predicted molar refractivity (Wildman–Crippen MR) is 112 cm³/mol. The van der Waals surface area contributed by atoms with Gasteiger partial charge in [0, 0.05) is 24.0 Å². The van der Waals surface area contributed by atoms with Gasteiger partial charge in [0.05, 0.1) is 5.02 Å². The average molecular weight is 426 g/mol. The summed E-state index contributed by atoms with van der Waals surface area (Å²) in [5.41, 5.74) is 2.78. The molecule has 4 aromatic rings. The monoisotopic (exact) mass is 425 g/mol. The maximum absolute atomic E-state index is 12.2. The van der Waals surface area contributed by atoms with Crippen LogP contribution in [-0.2, 0) is 11.2 Å². The molecule has 1 amide bonds. The van der Waals surface area contributed by atoms with Crippen LogP contribution in [0.1, 0.15) is 17.9 Å². The van der Waals surface area contributed by atoms with Crippen LogP contribution in [0.25, 0.3) is 22.0 Å². The maximum atomic E-state index is 12.2. The van der Waals surface area contributed by atoms with E-state index in [1.54, 1.807) is 6.07 Å². The number of nitrogens with one attached hydrogen (secondary N) is 1. The second-order valence-electron chi connectivity index (χ2n) is 6.31. The fraction of sp³-hybridized carbons (Fsp3) is 0.150.